The van der Waals surface area contributed by atoms with Crippen LogP contribution in [0.1, 0.15) is 24.5 Å². The fourth-order valence-corrected chi connectivity index (χ4v) is 3.32. The van der Waals surface area contributed by atoms with Crippen LogP contribution in [0.4, 0.5) is 5.82 Å². The van der Waals surface area contributed by atoms with Gasteiger partial charge in [-0.1, -0.05) is 49.4 Å². The van der Waals surface area contributed by atoms with E-state index in [1.807, 2.05) is 0 Å². The Kier molecular flexibility index (Phi) is 3.03. The lowest BCUT2D eigenvalue weighted by Gasteiger charge is -2.19. The van der Waals surface area contributed by atoms with Crippen molar-refractivity contribution < 1.29 is 0 Å². The molecule has 2 aromatic rings. The summed E-state index contributed by atoms with van der Waals surface area (Å²) >= 11 is 0. The summed E-state index contributed by atoms with van der Waals surface area (Å²) < 4.78 is 0. The normalized spacial score (nSPS) is 19.5. The number of rotatable bonds is 2. The zero-order chi connectivity index (χ0) is 14.2. The van der Waals surface area contributed by atoms with Crippen molar-refractivity contribution in [3.8, 4) is 0 Å². The molecule has 0 saturated heterocycles. The first-order valence-electron chi connectivity index (χ1n) is 7.80. The van der Waals surface area contributed by atoms with Crippen molar-refractivity contribution in [2.24, 2.45) is 5.92 Å². The molecule has 0 amide bonds. The first kappa shape index (κ1) is 12.6. The molecule has 0 N–H and O–H groups in total. The topological polar surface area (TPSA) is 16.1 Å². The Bertz CT molecular complexity index is 777. The lowest BCUT2D eigenvalue weighted by molar-refractivity contribution is 0.793. The number of benzene rings is 1. The van der Waals surface area contributed by atoms with Gasteiger partial charge in [0.05, 0.1) is 5.35 Å². The highest BCUT2D eigenvalue weighted by atomic mass is 15.2. The SMILES string of the molecule is CC1C=c2cc3c(nc2=CC1)N(Cc1ccccc1)CC3. The van der Waals surface area contributed by atoms with Crippen LogP contribution in [0.25, 0.3) is 12.2 Å². The molecule has 1 aliphatic carbocycles. The highest BCUT2D eigenvalue weighted by Crippen LogP contribution is 2.25. The van der Waals surface area contributed by atoms with Gasteiger partial charge in [-0.15, -0.1) is 0 Å². The zero-order valence-corrected chi connectivity index (χ0v) is 12.4. The molecule has 0 bridgehead atoms. The Labute approximate surface area is 125 Å². The van der Waals surface area contributed by atoms with Crippen molar-refractivity contribution in [1.82, 2.24) is 4.98 Å². The van der Waals surface area contributed by atoms with Crippen LogP contribution in [0.2, 0.25) is 0 Å². The maximum Gasteiger partial charge on any atom is 0.132 e. The Morgan fingerprint density at radius 3 is 2.95 bits per heavy atom. The smallest absolute Gasteiger partial charge is 0.132 e. The fourth-order valence-electron chi connectivity index (χ4n) is 3.32. The van der Waals surface area contributed by atoms with E-state index in [0.29, 0.717) is 5.92 Å². The minimum Gasteiger partial charge on any atom is -0.352 e. The van der Waals surface area contributed by atoms with Gasteiger partial charge in [0.1, 0.15) is 5.82 Å². The van der Waals surface area contributed by atoms with Crippen molar-refractivity contribution in [1.29, 1.82) is 0 Å². The molecule has 106 valence electrons. The molecule has 0 radical (unpaired) electrons. The van der Waals surface area contributed by atoms with Crippen LogP contribution in [0.15, 0.2) is 36.4 Å². The van der Waals surface area contributed by atoms with E-state index in [4.69, 9.17) is 4.98 Å². The van der Waals surface area contributed by atoms with E-state index in [0.717, 1.165) is 25.9 Å². The Morgan fingerprint density at radius 2 is 2.10 bits per heavy atom. The number of pyridine rings is 1. The first-order chi connectivity index (χ1) is 10.3. The summed E-state index contributed by atoms with van der Waals surface area (Å²) in [7, 11) is 0. The van der Waals surface area contributed by atoms with E-state index >= 15 is 0 Å². The Morgan fingerprint density at radius 1 is 1.24 bits per heavy atom. The molecular formula is C19H20N2. The number of aromatic nitrogens is 1. The molecule has 1 aliphatic heterocycles. The van der Waals surface area contributed by atoms with Crippen LogP contribution < -0.4 is 15.5 Å². The minimum absolute atomic E-state index is 0.638. The summed E-state index contributed by atoms with van der Waals surface area (Å²) in [6.07, 6.45) is 6.88. The van der Waals surface area contributed by atoms with Gasteiger partial charge >= 0.3 is 0 Å². The summed E-state index contributed by atoms with van der Waals surface area (Å²) in [6, 6.07) is 13.0. The van der Waals surface area contributed by atoms with Crippen molar-refractivity contribution in [3.05, 3.63) is 58.1 Å². The highest BCUT2D eigenvalue weighted by molar-refractivity contribution is 5.54. The maximum absolute atomic E-state index is 4.94. The number of nitrogens with zero attached hydrogens (tertiary/aromatic N) is 2. The summed E-state index contributed by atoms with van der Waals surface area (Å²) in [6.45, 7) is 4.31. The van der Waals surface area contributed by atoms with Gasteiger partial charge in [0.25, 0.3) is 0 Å². The predicted molar refractivity (Wildman–Crippen MR) is 87.4 cm³/mol. The predicted octanol–water partition coefficient (Wildman–Crippen LogP) is 2.25. The third-order valence-electron chi connectivity index (χ3n) is 4.45. The molecule has 2 nitrogen and oxygen atoms in total. The van der Waals surface area contributed by atoms with Gasteiger partial charge in [0.2, 0.25) is 0 Å². The summed E-state index contributed by atoms with van der Waals surface area (Å²) in [5.74, 6) is 1.83. The van der Waals surface area contributed by atoms with E-state index in [1.54, 1.807) is 0 Å². The molecule has 0 fully saturated rings. The third-order valence-corrected chi connectivity index (χ3v) is 4.45. The fraction of sp³-hybridized carbons (Fsp3) is 0.316. The minimum atomic E-state index is 0.638. The van der Waals surface area contributed by atoms with Gasteiger partial charge in [0.15, 0.2) is 0 Å². The van der Waals surface area contributed by atoms with E-state index < -0.39 is 0 Å². The van der Waals surface area contributed by atoms with Crippen LogP contribution in [-0.2, 0) is 13.0 Å². The summed E-state index contributed by atoms with van der Waals surface area (Å²) in [5, 5.41) is 2.50. The van der Waals surface area contributed by atoms with Gasteiger partial charge in [0, 0.05) is 13.1 Å². The van der Waals surface area contributed by atoms with Gasteiger partial charge in [-0.25, -0.2) is 4.98 Å². The number of anilines is 1. The van der Waals surface area contributed by atoms with Crippen molar-refractivity contribution in [2.75, 3.05) is 11.4 Å². The zero-order valence-electron chi connectivity index (χ0n) is 12.4. The summed E-state index contributed by atoms with van der Waals surface area (Å²) in [5.41, 5.74) is 2.76. The number of hydrogen-bond donors (Lipinski definition) is 0. The second-order valence-electron chi connectivity index (χ2n) is 6.19. The molecule has 1 aromatic carbocycles. The van der Waals surface area contributed by atoms with Gasteiger partial charge in [-0.3, -0.25) is 0 Å². The molecule has 21 heavy (non-hydrogen) atoms. The van der Waals surface area contributed by atoms with Crippen LogP contribution in [0.5, 0.6) is 0 Å². The number of hydrogen-bond acceptors (Lipinski definition) is 2. The van der Waals surface area contributed by atoms with E-state index in [2.05, 4.69) is 60.4 Å². The molecule has 4 rings (SSSR count). The molecule has 1 unspecified atom stereocenters. The van der Waals surface area contributed by atoms with Crippen LogP contribution in [0.3, 0.4) is 0 Å². The molecule has 2 heteroatoms. The van der Waals surface area contributed by atoms with Crippen LogP contribution in [0, 0.1) is 5.92 Å². The van der Waals surface area contributed by atoms with Crippen LogP contribution >= 0.6 is 0 Å². The quantitative estimate of drug-likeness (QED) is 0.836. The van der Waals surface area contributed by atoms with Crippen molar-refractivity contribution in [3.63, 3.8) is 0 Å². The maximum atomic E-state index is 4.94. The van der Waals surface area contributed by atoms with Crippen molar-refractivity contribution in [2.45, 2.75) is 26.3 Å². The Balaban J connectivity index is 1.71. The lowest BCUT2D eigenvalue weighted by Crippen LogP contribution is -2.33. The summed E-state index contributed by atoms with van der Waals surface area (Å²) in [4.78, 5) is 7.36. The standard InChI is InChI=1S/C19H20N2/c1-14-7-8-18-17(11-14)12-16-9-10-21(19(16)20-18)13-15-5-3-2-4-6-15/h2-6,8,11-12,14H,7,9-10,13H2,1H3. The van der Waals surface area contributed by atoms with Crippen molar-refractivity contribution >= 4 is 18.0 Å². The second kappa shape index (κ2) is 5.03. The van der Waals surface area contributed by atoms with Gasteiger partial charge in [-0.2, -0.15) is 0 Å². The lowest BCUT2D eigenvalue weighted by atomic mass is 10.0. The second-order valence-corrected chi connectivity index (χ2v) is 6.19. The monoisotopic (exact) mass is 276 g/mol. The van der Waals surface area contributed by atoms with E-state index in [1.165, 1.54) is 27.5 Å². The molecular weight excluding hydrogens is 256 g/mol. The molecule has 0 saturated carbocycles. The molecule has 0 spiro atoms. The van der Waals surface area contributed by atoms with Gasteiger partial charge < -0.3 is 4.90 Å². The average molecular weight is 276 g/mol. The largest absolute Gasteiger partial charge is 0.352 e. The molecule has 1 aromatic heterocycles. The highest BCUT2D eigenvalue weighted by Gasteiger charge is 2.21. The molecule has 1 atom stereocenters. The van der Waals surface area contributed by atoms with Gasteiger partial charge in [-0.05, 0) is 41.2 Å². The van der Waals surface area contributed by atoms with E-state index in [9.17, 15) is 0 Å². The molecule has 2 heterocycles. The number of fused-ring (bicyclic) bond motifs is 2. The molecule has 2 aliphatic rings. The average Bonchev–Trinajstić information content (AvgIpc) is 2.88. The third kappa shape index (κ3) is 2.35. The Hall–Kier alpha value is -2.09. The van der Waals surface area contributed by atoms with E-state index in [-0.39, 0.29) is 0 Å². The van der Waals surface area contributed by atoms with Crippen LogP contribution in [-0.4, -0.2) is 11.5 Å². The first-order valence-corrected chi connectivity index (χ1v) is 7.80.